The number of anilines is 3. The molecule has 0 spiro atoms. The summed E-state index contributed by atoms with van der Waals surface area (Å²) < 4.78 is 5.53. The summed E-state index contributed by atoms with van der Waals surface area (Å²) >= 11 is 0. The number of nitrogens with one attached hydrogen (secondary N) is 3. The molecule has 4 heterocycles. The van der Waals surface area contributed by atoms with Gasteiger partial charge in [-0.05, 0) is 42.8 Å². The number of hydrogen-bond acceptors (Lipinski definition) is 9. The molecule has 0 bridgehead atoms. The number of nitrogens with two attached hydrogens (primary N) is 1. The molecule has 1 aromatic carbocycles. The zero-order valence-corrected chi connectivity index (χ0v) is 19.3. The Morgan fingerprint density at radius 3 is 2.94 bits per heavy atom. The second kappa shape index (κ2) is 9.90. The normalized spacial score (nSPS) is 15.2. The molecule has 35 heavy (non-hydrogen) atoms. The van der Waals surface area contributed by atoms with E-state index >= 15 is 0 Å². The second-order valence-corrected chi connectivity index (χ2v) is 8.37. The van der Waals surface area contributed by atoms with Gasteiger partial charge in [-0.3, -0.25) is 9.78 Å². The molecule has 10 nitrogen and oxygen atoms in total. The van der Waals surface area contributed by atoms with Gasteiger partial charge >= 0.3 is 0 Å². The van der Waals surface area contributed by atoms with E-state index in [2.05, 4.69) is 25.9 Å². The van der Waals surface area contributed by atoms with Crippen molar-refractivity contribution in [1.29, 1.82) is 0 Å². The van der Waals surface area contributed by atoms with Gasteiger partial charge in [0.2, 0.25) is 5.91 Å². The van der Waals surface area contributed by atoms with Gasteiger partial charge in [-0.1, -0.05) is 12.1 Å². The van der Waals surface area contributed by atoms with Gasteiger partial charge in [0.15, 0.2) is 5.82 Å². The molecule has 10 heteroatoms. The van der Waals surface area contributed by atoms with Crippen molar-refractivity contribution in [3.8, 4) is 17.1 Å². The van der Waals surface area contributed by atoms with E-state index in [1.54, 1.807) is 43.9 Å². The van der Waals surface area contributed by atoms with Crippen LogP contribution in [0.5, 0.6) is 5.75 Å². The zero-order valence-electron chi connectivity index (χ0n) is 19.3. The minimum atomic E-state index is -0.190. The molecule has 0 saturated carbocycles. The summed E-state index contributed by atoms with van der Waals surface area (Å²) in [6, 6.07) is 11.1. The van der Waals surface area contributed by atoms with Crippen molar-refractivity contribution in [3.05, 3.63) is 60.6 Å². The summed E-state index contributed by atoms with van der Waals surface area (Å²) in [6.07, 6.45) is 6.16. The van der Waals surface area contributed by atoms with Crippen LogP contribution in [0.25, 0.3) is 22.3 Å². The highest BCUT2D eigenvalue weighted by molar-refractivity contribution is 5.95. The van der Waals surface area contributed by atoms with Crippen molar-refractivity contribution in [2.75, 3.05) is 36.6 Å². The van der Waals surface area contributed by atoms with E-state index in [4.69, 9.17) is 20.4 Å². The number of rotatable bonds is 7. The third kappa shape index (κ3) is 5.12. The molecule has 5 N–H and O–H groups in total. The molecule has 1 unspecified atom stereocenters. The highest BCUT2D eigenvalue weighted by Crippen LogP contribution is 2.32. The van der Waals surface area contributed by atoms with Crippen LogP contribution in [0.15, 0.2) is 55.0 Å². The van der Waals surface area contributed by atoms with Crippen molar-refractivity contribution in [3.63, 3.8) is 0 Å². The minimum absolute atomic E-state index is 0.190. The van der Waals surface area contributed by atoms with E-state index in [0.717, 1.165) is 36.0 Å². The summed E-state index contributed by atoms with van der Waals surface area (Å²) in [6.45, 7) is 1.81. The van der Waals surface area contributed by atoms with Crippen LogP contribution in [0.4, 0.5) is 17.3 Å². The summed E-state index contributed by atoms with van der Waals surface area (Å²) in [7, 11) is 1.60. The van der Waals surface area contributed by atoms with Crippen molar-refractivity contribution in [1.82, 2.24) is 25.3 Å². The first-order valence-corrected chi connectivity index (χ1v) is 11.4. The van der Waals surface area contributed by atoms with Gasteiger partial charge in [-0.15, -0.1) is 0 Å². The highest BCUT2D eigenvalue weighted by Gasteiger charge is 2.20. The number of aromatic nitrogens is 4. The van der Waals surface area contributed by atoms with Gasteiger partial charge in [-0.2, -0.15) is 0 Å². The predicted molar refractivity (Wildman–Crippen MR) is 135 cm³/mol. The van der Waals surface area contributed by atoms with Gasteiger partial charge in [-0.25, -0.2) is 15.0 Å². The standard InChI is InChI=1S/C25H26N8O2/c1-35-20-14-28-13-19-23(20)25(30-18-6-7-27-12-18)33-24(31-19)16-5-8-29-21(11-16)32-22(34)10-15-3-2-4-17(26)9-15/h2-5,8-9,11,13-14,18,27H,6-7,10,12,26H2,1H3,(H,29,32,34)(H,30,31,33). The molecule has 0 radical (unpaired) electrons. The van der Waals surface area contributed by atoms with Gasteiger partial charge in [0.1, 0.15) is 17.4 Å². The number of ether oxygens (including phenoxy) is 1. The van der Waals surface area contributed by atoms with Crippen LogP contribution in [0, 0.1) is 0 Å². The summed E-state index contributed by atoms with van der Waals surface area (Å²) in [5.41, 5.74) is 8.64. The number of nitrogens with zero attached hydrogens (tertiary/aromatic N) is 4. The maximum Gasteiger partial charge on any atom is 0.229 e. The van der Waals surface area contributed by atoms with Crippen LogP contribution in [0.3, 0.4) is 0 Å². The van der Waals surface area contributed by atoms with Crippen LogP contribution in [-0.4, -0.2) is 52.1 Å². The third-order valence-electron chi connectivity index (χ3n) is 5.79. The average molecular weight is 471 g/mol. The quantitative estimate of drug-likeness (QED) is 0.300. The predicted octanol–water partition coefficient (Wildman–Crippen LogP) is 2.63. The molecule has 1 atom stereocenters. The first kappa shape index (κ1) is 22.5. The van der Waals surface area contributed by atoms with Gasteiger partial charge in [0.05, 0.1) is 36.8 Å². The topological polar surface area (TPSA) is 140 Å². The zero-order chi connectivity index (χ0) is 24.2. The maximum absolute atomic E-state index is 12.6. The largest absolute Gasteiger partial charge is 0.494 e. The first-order valence-electron chi connectivity index (χ1n) is 11.4. The van der Waals surface area contributed by atoms with Crippen LogP contribution < -0.4 is 26.4 Å². The van der Waals surface area contributed by atoms with E-state index in [9.17, 15) is 4.79 Å². The number of hydrogen-bond donors (Lipinski definition) is 4. The Hall–Kier alpha value is -4.31. The number of carbonyl (C=O) groups is 1. The number of pyridine rings is 2. The Kier molecular flexibility index (Phi) is 6.36. The lowest BCUT2D eigenvalue weighted by Gasteiger charge is -2.16. The van der Waals surface area contributed by atoms with E-state index < -0.39 is 0 Å². The van der Waals surface area contributed by atoms with Crippen LogP contribution in [-0.2, 0) is 11.2 Å². The fourth-order valence-corrected chi connectivity index (χ4v) is 4.13. The minimum Gasteiger partial charge on any atom is -0.494 e. The van der Waals surface area contributed by atoms with Crippen molar-refractivity contribution in [2.45, 2.75) is 18.9 Å². The van der Waals surface area contributed by atoms with E-state index in [-0.39, 0.29) is 18.4 Å². The number of fused-ring (bicyclic) bond motifs is 1. The first-order chi connectivity index (χ1) is 17.1. The fraction of sp³-hybridized carbons (Fsp3) is 0.240. The van der Waals surface area contributed by atoms with Crippen molar-refractivity contribution in [2.24, 2.45) is 0 Å². The molecular weight excluding hydrogens is 444 g/mol. The van der Waals surface area contributed by atoms with E-state index in [1.807, 2.05) is 18.2 Å². The molecule has 4 aromatic rings. The lowest BCUT2D eigenvalue weighted by molar-refractivity contribution is -0.115. The van der Waals surface area contributed by atoms with Crippen LogP contribution >= 0.6 is 0 Å². The third-order valence-corrected chi connectivity index (χ3v) is 5.79. The maximum atomic E-state index is 12.6. The summed E-state index contributed by atoms with van der Waals surface area (Å²) in [4.78, 5) is 30.7. The number of nitrogen functional groups attached to an aromatic ring is 1. The Bertz CT molecular complexity index is 1370. The van der Waals surface area contributed by atoms with E-state index in [0.29, 0.717) is 34.4 Å². The summed E-state index contributed by atoms with van der Waals surface area (Å²) in [5, 5.41) is 10.5. The van der Waals surface area contributed by atoms with Gasteiger partial charge < -0.3 is 26.4 Å². The fourth-order valence-electron chi connectivity index (χ4n) is 4.13. The lowest BCUT2D eigenvalue weighted by Crippen LogP contribution is -2.23. The Balaban J connectivity index is 1.44. The lowest BCUT2D eigenvalue weighted by atomic mass is 10.1. The molecule has 1 saturated heterocycles. The molecule has 3 aromatic heterocycles. The van der Waals surface area contributed by atoms with E-state index in [1.165, 1.54) is 0 Å². The van der Waals surface area contributed by atoms with Gasteiger partial charge in [0.25, 0.3) is 0 Å². The monoisotopic (exact) mass is 470 g/mol. The number of amides is 1. The number of methoxy groups -OCH3 is 1. The molecule has 1 fully saturated rings. The van der Waals surface area contributed by atoms with Crippen LogP contribution in [0.2, 0.25) is 0 Å². The SMILES string of the molecule is COc1cncc2nc(-c3ccnc(NC(=O)Cc4cccc(N)c4)c3)nc(NC3CCNC3)c12. The Morgan fingerprint density at radius 2 is 2.14 bits per heavy atom. The Morgan fingerprint density at radius 1 is 1.23 bits per heavy atom. The number of benzene rings is 1. The molecule has 1 aliphatic rings. The molecular formula is C25H26N8O2. The molecule has 1 amide bonds. The van der Waals surface area contributed by atoms with Crippen LogP contribution in [0.1, 0.15) is 12.0 Å². The van der Waals surface area contributed by atoms with Gasteiger partial charge in [0, 0.05) is 30.0 Å². The Labute approximate surface area is 202 Å². The number of carbonyl (C=O) groups excluding carboxylic acids is 1. The van der Waals surface area contributed by atoms with Crippen molar-refractivity contribution < 1.29 is 9.53 Å². The average Bonchev–Trinajstić information content (AvgIpc) is 3.36. The smallest absolute Gasteiger partial charge is 0.229 e. The van der Waals surface area contributed by atoms with Crippen molar-refractivity contribution >= 4 is 34.1 Å². The second-order valence-electron chi connectivity index (χ2n) is 8.37. The molecule has 0 aliphatic carbocycles. The molecule has 5 rings (SSSR count). The molecule has 178 valence electrons. The highest BCUT2D eigenvalue weighted by atomic mass is 16.5. The molecule has 1 aliphatic heterocycles. The summed E-state index contributed by atoms with van der Waals surface area (Å²) in [5.74, 6) is 2.01.